The van der Waals surface area contributed by atoms with Gasteiger partial charge in [0.05, 0.1) is 23.6 Å². The Morgan fingerprint density at radius 2 is 1.59 bits per heavy atom. The second-order valence-corrected chi connectivity index (χ2v) is 8.26. The standard InChI is InChI=1S/C26H26FN5/c1-31-13-15-32(16-14-31)26(22-18-29-30-25(22)21-9-5-6-10-23(21)27)24-12-11-20(17-28-24)19-7-3-2-4-8-19/h2-12,17-18,26H,13-16H2,1H3,(H,29,30). The molecule has 5 rings (SSSR count). The summed E-state index contributed by atoms with van der Waals surface area (Å²) in [5, 5.41) is 7.35. The molecule has 1 N–H and O–H groups in total. The van der Waals surface area contributed by atoms with Gasteiger partial charge in [0.15, 0.2) is 0 Å². The van der Waals surface area contributed by atoms with Gasteiger partial charge in [-0.1, -0.05) is 48.5 Å². The van der Waals surface area contributed by atoms with Crippen molar-refractivity contribution in [3.05, 3.63) is 96.2 Å². The Balaban J connectivity index is 1.56. The Morgan fingerprint density at radius 3 is 2.31 bits per heavy atom. The lowest BCUT2D eigenvalue weighted by molar-refractivity contribution is 0.126. The van der Waals surface area contributed by atoms with Gasteiger partial charge in [-0.3, -0.25) is 15.0 Å². The Kier molecular flexibility index (Phi) is 5.79. The van der Waals surface area contributed by atoms with Gasteiger partial charge in [0.2, 0.25) is 0 Å². The molecule has 2 aromatic carbocycles. The van der Waals surface area contributed by atoms with Crippen LogP contribution in [-0.4, -0.2) is 58.2 Å². The molecular formula is C26H26FN5. The van der Waals surface area contributed by atoms with E-state index < -0.39 is 0 Å². The Morgan fingerprint density at radius 1 is 0.844 bits per heavy atom. The third-order valence-electron chi connectivity index (χ3n) is 6.18. The van der Waals surface area contributed by atoms with Crippen LogP contribution in [0.15, 0.2) is 79.1 Å². The van der Waals surface area contributed by atoms with E-state index >= 15 is 0 Å². The van der Waals surface area contributed by atoms with Crippen molar-refractivity contribution in [2.24, 2.45) is 0 Å². The molecule has 0 amide bonds. The van der Waals surface area contributed by atoms with Crippen LogP contribution in [0.2, 0.25) is 0 Å². The average Bonchev–Trinajstić information content (AvgIpc) is 3.31. The number of nitrogens with one attached hydrogen (secondary N) is 1. The summed E-state index contributed by atoms with van der Waals surface area (Å²) in [6, 6.07) is 21.2. The molecule has 0 bridgehead atoms. The van der Waals surface area contributed by atoms with Gasteiger partial charge >= 0.3 is 0 Å². The number of hydrogen-bond acceptors (Lipinski definition) is 4. The van der Waals surface area contributed by atoms with E-state index in [9.17, 15) is 4.39 Å². The van der Waals surface area contributed by atoms with Crippen molar-refractivity contribution >= 4 is 0 Å². The first-order chi connectivity index (χ1) is 15.7. The van der Waals surface area contributed by atoms with Crippen LogP contribution in [0.1, 0.15) is 17.3 Å². The number of pyridine rings is 1. The SMILES string of the molecule is CN1CCN(C(c2ccc(-c3ccccc3)cn2)c2cn[nH]c2-c2ccccc2F)CC1. The van der Waals surface area contributed by atoms with Gasteiger partial charge in [-0.05, 0) is 30.8 Å². The molecule has 1 aliphatic heterocycles. The van der Waals surface area contributed by atoms with Crippen LogP contribution in [0.4, 0.5) is 4.39 Å². The van der Waals surface area contributed by atoms with Gasteiger partial charge in [-0.2, -0.15) is 5.10 Å². The lowest BCUT2D eigenvalue weighted by Crippen LogP contribution is -2.46. The van der Waals surface area contributed by atoms with Gasteiger partial charge in [-0.25, -0.2) is 4.39 Å². The molecule has 0 spiro atoms. The Bertz CT molecular complexity index is 1160. The van der Waals surface area contributed by atoms with Crippen LogP contribution in [-0.2, 0) is 0 Å². The minimum absolute atomic E-state index is 0.109. The van der Waals surface area contributed by atoms with E-state index in [1.807, 2.05) is 36.7 Å². The monoisotopic (exact) mass is 427 g/mol. The number of hydrogen-bond donors (Lipinski definition) is 1. The second kappa shape index (κ2) is 9.02. The topological polar surface area (TPSA) is 48.1 Å². The summed E-state index contributed by atoms with van der Waals surface area (Å²) in [7, 11) is 2.14. The normalized spacial score (nSPS) is 16.2. The van der Waals surface area contributed by atoms with Crippen molar-refractivity contribution in [3.8, 4) is 22.4 Å². The van der Waals surface area contributed by atoms with Crippen molar-refractivity contribution in [3.63, 3.8) is 0 Å². The first-order valence-electron chi connectivity index (χ1n) is 10.9. The largest absolute Gasteiger partial charge is 0.304 e. The number of rotatable bonds is 5. The first-order valence-corrected chi connectivity index (χ1v) is 10.9. The van der Waals surface area contributed by atoms with Gasteiger partial charge < -0.3 is 4.90 Å². The number of benzene rings is 2. The molecule has 1 unspecified atom stereocenters. The van der Waals surface area contributed by atoms with Gasteiger partial charge in [-0.15, -0.1) is 0 Å². The summed E-state index contributed by atoms with van der Waals surface area (Å²) in [5.41, 5.74) is 5.33. The summed E-state index contributed by atoms with van der Waals surface area (Å²) in [6.07, 6.45) is 3.74. The Labute approximate surface area is 187 Å². The molecule has 1 fully saturated rings. The number of piperazine rings is 1. The summed E-state index contributed by atoms with van der Waals surface area (Å²) in [5.74, 6) is -0.262. The number of aromatic amines is 1. The van der Waals surface area contributed by atoms with Crippen LogP contribution < -0.4 is 0 Å². The van der Waals surface area contributed by atoms with E-state index in [1.165, 1.54) is 6.07 Å². The van der Waals surface area contributed by atoms with E-state index in [-0.39, 0.29) is 11.9 Å². The van der Waals surface area contributed by atoms with Crippen molar-refractivity contribution in [1.29, 1.82) is 0 Å². The smallest absolute Gasteiger partial charge is 0.132 e. The van der Waals surface area contributed by atoms with Crippen molar-refractivity contribution < 1.29 is 4.39 Å². The Hall–Kier alpha value is -3.35. The number of H-pyrrole nitrogens is 1. The first kappa shape index (κ1) is 20.5. The lowest BCUT2D eigenvalue weighted by atomic mass is 9.96. The van der Waals surface area contributed by atoms with E-state index in [2.05, 4.69) is 51.3 Å². The number of aromatic nitrogens is 3. The van der Waals surface area contributed by atoms with E-state index in [0.29, 0.717) is 11.3 Å². The van der Waals surface area contributed by atoms with E-state index in [0.717, 1.165) is 48.6 Å². The lowest BCUT2D eigenvalue weighted by Gasteiger charge is -2.37. The fourth-order valence-corrected chi connectivity index (χ4v) is 4.37. The van der Waals surface area contributed by atoms with Crippen molar-refractivity contribution in [1.82, 2.24) is 25.0 Å². The fraction of sp³-hybridized carbons (Fsp3) is 0.231. The molecule has 1 aliphatic rings. The maximum absolute atomic E-state index is 14.6. The van der Waals surface area contributed by atoms with E-state index in [4.69, 9.17) is 4.98 Å². The second-order valence-electron chi connectivity index (χ2n) is 8.26. The predicted octanol–water partition coefficient (Wildman–Crippen LogP) is 4.61. The maximum atomic E-state index is 14.6. The zero-order valence-corrected chi connectivity index (χ0v) is 18.1. The maximum Gasteiger partial charge on any atom is 0.132 e. The van der Waals surface area contributed by atoms with Crippen molar-refractivity contribution in [2.45, 2.75) is 6.04 Å². The third-order valence-corrected chi connectivity index (χ3v) is 6.18. The van der Waals surface area contributed by atoms with E-state index in [1.54, 1.807) is 12.1 Å². The highest BCUT2D eigenvalue weighted by atomic mass is 19.1. The fourth-order valence-electron chi connectivity index (χ4n) is 4.37. The number of halogens is 1. The summed E-state index contributed by atoms with van der Waals surface area (Å²) < 4.78 is 14.6. The molecule has 4 aromatic rings. The molecule has 0 radical (unpaired) electrons. The molecule has 5 nitrogen and oxygen atoms in total. The van der Waals surface area contributed by atoms with Crippen LogP contribution in [0.5, 0.6) is 0 Å². The quantitative estimate of drug-likeness (QED) is 0.505. The molecule has 3 heterocycles. The summed E-state index contributed by atoms with van der Waals surface area (Å²) in [6.45, 7) is 3.77. The van der Waals surface area contributed by atoms with Crippen LogP contribution in [0.25, 0.3) is 22.4 Å². The number of likely N-dealkylation sites (N-methyl/N-ethyl adjacent to an activating group) is 1. The van der Waals surface area contributed by atoms with Crippen LogP contribution in [0, 0.1) is 5.82 Å². The highest BCUT2D eigenvalue weighted by Crippen LogP contribution is 2.35. The zero-order valence-electron chi connectivity index (χ0n) is 18.1. The van der Waals surface area contributed by atoms with Crippen LogP contribution >= 0.6 is 0 Å². The number of nitrogens with zero attached hydrogens (tertiary/aromatic N) is 4. The minimum Gasteiger partial charge on any atom is -0.304 e. The highest BCUT2D eigenvalue weighted by molar-refractivity contribution is 5.65. The van der Waals surface area contributed by atoms with Gasteiger partial charge in [0.1, 0.15) is 5.82 Å². The average molecular weight is 428 g/mol. The molecule has 2 aromatic heterocycles. The van der Waals surface area contributed by atoms with Gasteiger partial charge in [0.25, 0.3) is 0 Å². The van der Waals surface area contributed by atoms with Crippen molar-refractivity contribution in [2.75, 3.05) is 33.2 Å². The minimum atomic E-state index is -0.262. The summed E-state index contributed by atoms with van der Waals surface area (Å²) >= 11 is 0. The van der Waals surface area contributed by atoms with Gasteiger partial charge in [0, 0.05) is 49.1 Å². The molecule has 6 heteroatoms. The molecule has 1 saturated heterocycles. The third kappa shape index (κ3) is 4.07. The molecule has 162 valence electrons. The molecule has 32 heavy (non-hydrogen) atoms. The molecule has 1 atom stereocenters. The van der Waals surface area contributed by atoms with Crippen LogP contribution in [0.3, 0.4) is 0 Å². The highest BCUT2D eigenvalue weighted by Gasteiger charge is 2.30. The molecule has 0 aliphatic carbocycles. The zero-order chi connectivity index (χ0) is 21.9. The predicted molar refractivity (Wildman–Crippen MR) is 125 cm³/mol. The molecular weight excluding hydrogens is 401 g/mol. The molecule has 0 saturated carbocycles. The summed E-state index contributed by atoms with van der Waals surface area (Å²) in [4.78, 5) is 9.61.